The molecule has 0 bridgehead atoms. The molecule has 0 N–H and O–H groups in total. The zero-order valence-corrected chi connectivity index (χ0v) is 22.4. The second-order valence-electron chi connectivity index (χ2n) is 11.0. The van der Waals surface area contributed by atoms with E-state index >= 15 is 0 Å². The molecule has 0 unspecified atom stereocenters. The van der Waals surface area contributed by atoms with Crippen LogP contribution in [-0.2, 0) is 5.41 Å². The van der Waals surface area contributed by atoms with Gasteiger partial charge in [-0.2, -0.15) is 0 Å². The fourth-order valence-corrected chi connectivity index (χ4v) is 7.84. The van der Waals surface area contributed by atoms with Gasteiger partial charge in [0.05, 0.1) is 5.41 Å². The fourth-order valence-electron chi connectivity index (χ4n) is 7.61. The van der Waals surface area contributed by atoms with Crippen molar-refractivity contribution in [3.05, 3.63) is 167 Å². The first-order valence-electron chi connectivity index (χ1n) is 13.8. The van der Waals surface area contributed by atoms with Gasteiger partial charge in [-0.3, -0.25) is 0 Å². The van der Waals surface area contributed by atoms with Crippen molar-refractivity contribution < 1.29 is 0 Å². The molecule has 0 fully saturated rings. The molecule has 0 saturated carbocycles. The van der Waals surface area contributed by atoms with Crippen LogP contribution in [-0.4, -0.2) is 0 Å². The summed E-state index contributed by atoms with van der Waals surface area (Å²) < 4.78 is 0. The van der Waals surface area contributed by atoms with Crippen LogP contribution in [0.1, 0.15) is 22.3 Å². The highest BCUT2D eigenvalue weighted by Gasteiger charge is 2.52. The Bertz CT molecular complexity index is 2130. The van der Waals surface area contributed by atoms with Crippen molar-refractivity contribution in [2.75, 3.05) is 0 Å². The molecule has 0 radical (unpaired) electrons. The summed E-state index contributed by atoms with van der Waals surface area (Å²) in [6, 6.07) is 51.2. The van der Waals surface area contributed by atoms with Crippen LogP contribution in [0.4, 0.5) is 0 Å². The standard InChI is InChI=1S/C39H23Cl/c40-37-18-8-15-31-30(37)20-22-36-38(31)32-23-25(27-14-7-10-24-9-1-2-11-26(24)27)19-21-35(32)39(36)33-16-5-3-12-28(33)29-13-4-6-17-34(29)39/h1-23H. The molecular weight excluding hydrogens is 504 g/mol. The Kier molecular flexibility index (Phi) is 4.41. The summed E-state index contributed by atoms with van der Waals surface area (Å²) in [6.45, 7) is 0. The summed E-state index contributed by atoms with van der Waals surface area (Å²) in [7, 11) is 0. The van der Waals surface area contributed by atoms with E-state index in [1.54, 1.807) is 0 Å². The summed E-state index contributed by atoms with van der Waals surface area (Å²) in [6.07, 6.45) is 0. The fraction of sp³-hybridized carbons (Fsp3) is 0.0256. The van der Waals surface area contributed by atoms with E-state index in [0.717, 1.165) is 10.4 Å². The van der Waals surface area contributed by atoms with Gasteiger partial charge in [-0.25, -0.2) is 0 Å². The largest absolute Gasteiger partial charge is 0.0837 e. The lowest BCUT2D eigenvalue weighted by Gasteiger charge is -2.30. The van der Waals surface area contributed by atoms with Crippen molar-refractivity contribution in [2.45, 2.75) is 5.41 Å². The van der Waals surface area contributed by atoms with E-state index in [-0.39, 0.29) is 5.41 Å². The topological polar surface area (TPSA) is 0 Å². The van der Waals surface area contributed by atoms with Crippen molar-refractivity contribution in [3.63, 3.8) is 0 Å². The SMILES string of the molecule is Clc1cccc2c3c(ccc12)C1(c2ccccc2-c2ccccc21)c1ccc(-c2cccc4ccccc24)cc1-3. The van der Waals surface area contributed by atoms with Crippen LogP contribution in [0, 0.1) is 0 Å². The van der Waals surface area contributed by atoms with E-state index in [1.165, 1.54) is 71.8 Å². The zero-order chi connectivity index (χ0) is 26.4. The molecule has 186 valence electrons. The molecule has 0 nitrogen and oxygen atoms in total. The van der Waals surface area contributed by atoms with Gasteiger partial charge >= 0.3 is 0 Å². The molecule has 0 saturated heterocycles. The number of rotatable bonds is 1. The summed E-state index contributed by atoms with van der Waals surface area (Å²) in [5.74, 6) is 0. The van der Waals surface area contributed by atoms with Gasteiger partial charge in [-0.05, 0) is 83.9 Å². The van der Waals surface area contributed by atoms with E-state index in [4.69, 9.17) is 11.6 Å². The van der Waals surface area contributed by atoms with Crippen LogP contribution in [0.15, 0.2) is 140 Å². The summed E-state index contributed by atoms with van der Waals surface area (Å²) in [5.41, 5.74) is 12.7. The second-order valence-corrected chi connectivity index (χ2v) is 11.4. The number of hydrogen-bond acceptors (Lipinski definition) is 0. The number of hydrogen-bond donors (Lipinski definition) is 0. The van der Waals surface area contributed by atoms with Gasteiger partial charge in [0.25, 0.3) is 0 Å². The van der Waals surface area contributed by atoms with E-state index in [9.17, 15) is 0 Å². The zero-order valence-electron chi connectivity index (χ0n) is 21.7. The van der Waals surface area contributed by atoms with Crippen molar-refractivity contribution in [1.29, 1.82) is 0 Å². The minimum Gasteiger partial charge on any atom is -0.0837 e. The monoisotopic (exact) mass is 526 g/mol. The molecule has 2 aliphatic rings. The van der Waals surface area contributed by atoms with Crippen molar-refractivity contribution in [3.8, 4) is 33.4 Å². The van der Waals surface area contributed by atoms with E-state index in [0.29, 0.717) is 0 Å². The van der Waals surface area contributed by atoms with Crippen molar-refractivity contribution in [1.82, 2.24) is 0 Å². The first kappa shape index (κ1) is 22.2. The van der Waals surface area contributed by atoms with E-state index in [1.807, 2.05) is 6.07 Å². The molecule has 0 aromatic heterocycles. The average molecular weight is 527 g/mol. The van der Waals surface area contributed by atoms with Gasteiger partial charge in [0.15, 0.2) is 0 Å². The Morgan fingerprint density at radius 2 is 1.00 bits per heavy atom. The van der Waals surface area contributed by atoms with Crippen LogP contribution in [0.25, 0.3) is 54.9 Å². The minimum absolute atomic E-state index is 0.369. The number of halogens is 1. The Morgan fingerprint density at radius 3 is 1.82 bits per heavy atom. The molecule has 0 atom stereocenters. The molecule has 0 aliphatic heterocycles. The van der Waals surface area contributed by atoms with Crippen molar-refractivity contribution >= 4 is 33.1 Å². The number of fused-ring (bicyclic) bond motifs is 13. The third kappa shape index (κ3) is 2.67. The summed E-state index contributed by atoms with van der Waals surface area (Å²) in [5, 5.41) is 5.63. The highest BCUT2D eigenvalue weighted by Crippen LogP contribution is 2.64. The van der Waals surface area contributed by atoms with Crippen molar-refractivity contribution in [2.24, 2.45) is 0 Å². The van der Waals surface area contributed by atoms with Gasteiger partial charge in [0.2, 0.25) is 0 Å². The van der Waals surface area contributed by atoms with Gasteiger partial charge in [-0.15, -0.1) is 0 Å². The Hall–Kier alpha value is -4.65. The maximum Gasteiger partial charge on any atom is 0.0725 e. The van der Waals surface area contributed by atoms with Gasteiger partial charge in [0.1, 0.15) is 0 Å². The predicted molar refractivity (Wildman–Crippen MR) is 168 cm³/mol. The Morgan fingerprint density at radius 1 is 0.400 bits per heavy atom. The normalized spacial score (nSPS) is 13.8. The molecule has 7 aromatic rings. The van der Waals surface area contributed by atoms with Gasteiger partial charge in [0, 0.05) is 10.4 Å². The lowest BCUT2D eigenvalue weighted by atomic mass is 9.70. The predicted octanol–water partition coefficient (Wildman–Crippen LogP) is 10.7. The Balaban J connectivity index is 1.45. The molecule has 40 heavy (non-hydrogen) atoms. The first-order chi connectivity index (χ1) is 19.8. The minimum atomic E-state index is -0.369. The van der Waals surface area contributed by atoms with Crippen LogP contribution >= 0.6 is 11.6 Å². The quantitative estimate of drug-likeness (QED) is 0.199. The molecular formula is C39H23Cl. The smallest absolute Gasteiger partial charge is 0.0725 e. The molecule has 1 spiro atoms. The van der Waals surface area contributed by atoms with Gasteiger partial charge in [-0.1, -0.05) is 139 Å². The highest BCUT2D eigenvalue weighted by atomic mass is 35.5. The van der Waals surface area contributed by atoms with Crippen LogP contribution in [0.2, 0.25) is 5.02 Å². The molecule has 0 heterocycles. The highest BCUT2D eigenvalue weighted by molar-refractivity contribution is 6.36. The molecule has 0 amide bonds. The van der Waals surface area contributed by atoms with Crippen LogP contribution in [0.3, 0.4) is 0 Å². The van der Waals surface area contributed by atoms with Gasteiger partial charge < -0.3 is 0 Å². The third-order valence-electron chi connectivity index (χ3n) is 9.16. The average Bonchev–Trinajstić information content (AvgIpc) is 3.48. The maximum absolute atomic E-state index is 6.79. The summed E-state index contributed by atoms with van der Waals surface area (Å²) in [4.78, 5) is 0. The molecule has 7 aromatic carbocycles. The molecule has 1 heteroatoms. The second kappa shape index (κ2) is 7.94. The van der Waals surface area contributed by atoms with Crippen LogP contribution < -0.4 is 0 Å². The molecule has 2 aliphatic carbocycles. The van der Waals surface area contributed by atoms with Crippen LogP contribution in [0.5, 0.6) is 0 Å². The Labute approximate surface area is 238 Å². The lowest BCUT2D eigenvalue weighted by molar-refractivity contribution is 0.794. The van der Waals surface area contributed by atoms with E-state index < -0.39 is 0 Å². The number of benzene rings is 7. The molecule has 9 rings (SSSR count). The maximum atomic E-state index is 6.79. The lowest BCUT2D eigenvalue weighted by Crippen LogP contribution is -2.25. The summed E-state index contributed by atoms with van der Waals surface area (Å²) >= 11 is 6.79. The van der Waals surface area contributed by atoms with E-state index in [2.05, 4.69) is 133 Å². The first-order valence-corrected chi connectivity index (χ1v) is 14.2. The third-order valence-corrected chi connectivity index (χ3v) is 9.49.